The van der Waals surface area contributed by atoms with Crippen LogP contribution < -0.4 is 15.6 Å². The van der Waals surface area contributed by atoms with Crippen molar-refractivity contribution in [2.45, 2.75) is 30.9 Å². The van der Waals surface area contributed by atoms with E-state index in [0.717, 1.165) is 28.3 Å². The van der Waals surface area contributed by atoms with E-state index in [4.69, 9.17) is 19.6 Å². The van der Waals surface area contributed by atoms with Crippen LogP contribution in [0.15, 0.2) is 132 Å². The van der Waals surface area contributed by atoms with Gasteiger partial charge in [-0.1, -0.05) is 84.9 Å². The van der Waals surface area contributed by atoms with Gasteiger partial charge in [0.1, 0.15) is 17.4 Å². The molecule has 0 saturated carbocycles. The Kier molecular flexibility index (Phi) is 10.7. The number of amides is 1. The van der Waals surface area contributed by atoms with E-state index in [9.17, 15) is 13.6 Å². The van der Waals surface area contributed by atoms with Crippen LogP contribution in [0.5, 0.6) is 5.75 Å². The van der Waals surface area contributed by atoms with Crippen molar-refractivity contribution in [2.75, 3.05) is 19.8 Å². The van der Waals surface area contributed by atoms with Crippen molar-refractivity contribution in [3.8, 4) is 16.9 Å². The highest BCUT2D eigenvalue weighted by Crippen LogP contribution is 2.43. The molecule has 0 bridgehead atoms. The van der Waals surface area contributed by atoms with Crippen LogP contribution >= 0.6 is 0 Å². The molecule has 1 heterocycles. The number of nitrogens with one attached hydrogen (secondary N) is 2. The summed E-state index contributed by atoms with van der Waals surface area (Å²) in [7, 11) is 0. The minimum atomic E-state index is -1.43. The molecule has 0 aliphatic carbocycles. The Balaban J connectivity index is 1.33. The molecule has 5 aromatic carbocycles. The summed E-state index contributed by atoms with van der Waals surface area (Å²) in [5, 5.41) is 9.09. The molecule has 3 N–H and O–H groups in total. The first-order valence-corrected chi connectivity index (χ1v) is 16.2. The standard InChI is InChI=1S/C40H37F2N3O4/c41-34-24-29(25-35(42)26-34)20-21-43-45-39(47)40(27-28-8-3-1-4-9-28)37(32-14-12-31(13-15-32)30-10-5-2-6-11-30)49-38(44-40)33-16-18-36(19-17-33)48-23-7-22-46/h1-6,8-19,24-26,37,43,46H,7,20-23,27H2,(H,45,47)/t37-,40-/m0/s1. The van der Waals surface area contributed by atoms with Gasteiger partial charge in [0.05, 0.1) is 6.61 Å². The lowest BCUT2D eigenvalue weighted by Gasteiger charge is -2.31. The summed E-state index contributed by atoms with van der Waals surface area (Å²) in [6, 6.07) is 38.2. The van der Waals surface area contributed by atoms with Crippen LogP contribution in [-0.4, -0.2) is 42.2 Å². The number of aliphatic hydroxyl groups is 1. The third-order valence-electron chi connectivity index (χ3n) is 8.33. The number of rotatable bonds is 14. The lowest BCUT2D eigenvalue weighted by molar-refractivity contribution is -0.130. The largest absolute Gasteiger partial charge is 0.494 e. The average Bonchev–Trinajstić information content (AvgIpc) is 3.51. The second kappa shape index (κ2) is 15.7. The number of ether oxygens (including phenoxy) is 2. The molecule has 1 amide bonds. The third-order valence-corrected chi connectivity index (χ3v) is 8.33. The molecule has 1 aliphatic heterocycles. The molecule has 6 rings (SSSR count). The van der Waals surface area contributed by atoms with Crippen molar-refractivity contribution in [3.63, 3.8) is 0 Å². The second-order valence-corrected chi connectivity index (χ2v) is 11.8. The Morgan fingerprint density at radius 3 is 2.10 bits per heavy atom. The summed E-state index contributed by atoms with van der Waals surface area (Å²) >= 11 is 0. The molecule has 0 radical (unpaired) electrons. The van der Waals surface area contributed by atoms with Gasteiger partial charge in [0, 0.05) is 37.6 Å². The Morgan fingerprint density at radius 2 is 1.43 bits per heavy atom. The Morgan fingerprint density at radius 1 is 0.796 bits per heavy atom. The van der Waals surface area contributed by atoms with Crippen LogP contribution in [-0.2, 0) is 22.4 Å². The number of aliphatic hydroxyl groups excluding tert-OH is 1. The number of carbonyl (C=O) groups is 1. The van der Waals surface area contributed by atoms with Crippen LogP contribution in [0, 0.1) is 11.6 Å². The highest BCUT2D eigenvalue weighted by molar-refractivity contribution is 6.01. The predicted molar refractivity (Wildman–Crippen MR) is 185 cm³/mol. The number of hydrogen-bond acceptors (Lipinski definition) is 6. The summed E-state index contributed by atoms with van der Waals surface area (Å²) in [5.74, 6) is -0.786. The van der Waals surface area contributed by atoms with Gasteiger partial charge < -0.3 is 14.6 Å². The number of hydrogen-bond donors (Lipinski definition) is 3. The molecule has 9 heteroatoms. The van der Waals surface area contributed by atoms with Gasteiger partial charge in [0.2, 0.25) is 5.90 Å². The maximum atomic E-state index is 14.4. The maximum Gasteiger partial charge on any atom is 0.266 e. The summed E-state index contributed by atoms with van der Waals surface area (Å²) in [6.45, 7) is 0.651. The maximum absolute atomic E-state index is 14.4. The lowest BCUT2D eigenvalue weighted by atomic mass is 9.82. The molecule has 0 spiro atoms. The molecule has 2 atom stereocenters. The zero-order valence-corrected chi connectivity index (χ0v) is 26.8. The van der Waals surface area contributed by atoms with E-state index in [1.54, 1.807) is 12.1 Å². The van der Waals surface area contributed by atoms with Crippen molar-refractivity contribution in [1.82, 2.24) is 10.9 Å². The first-order valence-electron chi connectivity index (χ1n) is 16.2. The van der Waals surface area contributed by atoms with Gasteiger partial charge in [-0.15, -0.1) is 0 Å². The molecule has 49 heavy (non-hydrogen) atoms. The quantitative estimate of drug-likeness (QED) is 0.0905. The summed E-state index contributed by atoms with van der Waals surface area (Å²) in [6.07, 6.45) is 0.232. The van der Waals surface area contributed by atoms with E-state index in [1.807, 2.05) is 97.1 Å². The van der Waals surface area contributed by atoms with E-state index in [0.29, 0.717) is 35.8 Å². The molecular weight excluding hydrogens is 624 g/mol. The number of aliphatic imine (C=N–C) groups is 1. The van der Waals surface area contributed by atoms with Gasteiger partial charge in [-0.3, -0.25) is 10.2 Å². The van der Waals surface area contributed by atoms with Gasteiger partial charge in [-0.25, -0.2) is 19.2 Å². The second-order valence-electron chi connectivity index (χ2n) is 11.8. The van der Waals surface area contributed by atoms with E-state index in [1.165, 1.54) is 12.1 Å². The molecule has 250 valence electrons. The zero-order valence-electron chi connectivity index (χ0n) is 26.8. The topological polar surface area (TPSA) is 92.2 Å². The Labute approximate surface area is 284 Å². The fourth-order valence-electron chi connectivity index (χ4n) is 5.88. The minimum Gasteiger partial charge on any atom is -0.494 e. The van der Waals surface area contributed by atoms with E-state index in [-0.39, 0.29) is 26.0 Å². The lowest BCUT2D eigenvalue weighted by Crippen LogP contribution is -2.54. The summed E-state index contributed by atoms with van der Waals surface area (Å²) in [4.78, 5) is 19.5. The number of benzene rings is 5. The first kappa shape index (κ1) is 33.5. The number of nitrogens with zero attached hydrogens (tertiary/aromatic N) is 1. The van der Waals surface area contributed by atoms with Crippen LogP contribution in [0.3, 0.4) is 0 Å². The molecule has 0 fully saturated rings. The monoisotopic (exact) mass is 661 g/mol. The van der Waals surface area contributed by atoms with Crippen LogP contribution in [0.2, 0.25) is 0 Å². The molecular formula is C40H37F2N3O4. The summed E-state index contributed by atoms with van der Waals surface area (Å²) in [5.41, 5.74) is 9.22. The predicted octanol–water partition coefficient (Wildman–Crippen LogP) is 6.76. The van der Waals surface area contributed by atoms with Crippen molar-refractivity contribution < 1.29 is 28.2 Å². The van der Waals surface area contributed by atoms with Crippen molar-refractivity contribution in [1.29, 1.82) is 0 Å². The van der Waals surface area contributed by atoms with Gasteiger partial charge in [0.25, 0.3) is 5.91 Å². The number of carbonyl (C=O) groups excluding carboxylic acids is 1. The molecule has 5 aromatic rings. The van der Waals surface area contributed by atoms with Crippen molar-refractivity contribution in [3.05, 3.63) is 161 Å². The molecule has 7 nitrogen and oxygen atoms in total. The minimum absolute atomic E-state index is 0.0419. The fraction of sp³-hybridized carbons (Fsp3) is 0.200. The molecule has 1 aliphatic rings. The highest BCUT2D eigenvalue weighted by Gasteiger charge is 2.53. The molecule has 0 saturated heterocycles. The van der Waals surface area contributed by atoms with Gasteiger partial charge in [-0.05, 0) is 70.6 Å². The highest BCUT2D eigenvalue weighted by atomic mass is 19.1. The van der Waals surface area contributed by atoms with E-state index >= 15 is 0 Å². The fourth-order valence-corrected chi connectivity index (χ4v) is 5.88. The zero-order chi connectivity index (χ0) is 34.1. The normalized spacial score (nSPS) is 16.9. The van der Waals surface area contributed by atoms with Crippen LogP contribution in [0.25, 0.3) is 11.1 Å². The van der Waals surface area contributed by atoms with Crippen LogP contribution in [0.1, 0.15) is 34.8 Å². The molecule has 0 unspecified atom stereocenters. The Bertz CT molecular complexity index is 1850. The van der Waals surface area contributed by atoms with Crippen LogP contribution in [0.4, 0.5) is 8.78 Å². The number of hydrazine groups is 1. The Hall–Kier alpha value is -5.38. The van der Waals surface area contributed by atoms with Crippen molar-refractivity contribution >= 4 is 11.8 Å². The van der Waals surface area contributed by atoms with Gasteiger partial charge in [-0.2, -0.15) is 0 Å². The average molecular weight is 662 g/mol. The smallest absolute Gasteiger partial charge is 0.266 e. The van der Waals surface area contributed by atoms with Gasteiger partial charge in [0.15, 0.2) is 11.6 Å². The SMILES string of the molecule is O=C(NNCCc1cc(F)cc(F)c1)[C@@]1(Cc2ccccc2)N=C(c2ccc(OCCCO)cc2)O[C@H]1c1ccc(-c2ccccc2)cc1. The van der Waals surface area contributed by atoms with Crippen molar-refractivity contribution in [2.24, 2.45) is 4.99 Å². The summed E-state index contributed by atoms with van der Waals surface area (Å²) < 4.78 is 39.8. The number of halogens is 2. The van der Waals surface area contributed by atoms with Gasteiger partial charge >= 0.3 is 0 Å². The van der Waals surface area contributed by atoms with E-state index < -0.39 is 29.2 Å². The van der Waals surface area contributed by atoms with E-state index in [2.05, 4.69) is 10.9 Å². The third kappa shape index (κ3) is 8.20. The molecule has 0 aromatic heterocycles. The first-order chi connectivity index (χ1) is 23.9.